The molecule has 0 aromatic rings. The van der Waals surface area contributed by atoms with Crippen LogP contribution in [0.25, 0.3) is 0 Å². The van der Waals surface area contributed by atoms with E-state index in [1.54, 1.807) is 0 Å². The first kappa shape index (κ1) is 15.9. The summed E-state index contributed by atoms with van der Waals surface area (Å²) in [5, 5.41) is 0. The van der Waals surface area contributed by atoms with Crippen LogP contribution in [0.4, 0.5) is 0 Å². The molecule has 1 saturated carbocycles. The van der Waals surface area contributed by atoms with E-state index in [0.29, 0.717) is 13.0 Å². The molecule has 1 aliphatic rings. The van der Waals surface area contributed by atoms with Crippen molar-refractivity contribution in [2.75, 3.05) is 12.3 Å². The fraction of sp³-hybridized carbons (Fsp3) is 1.00. The van der Waals surface area contributed by atoms with Gasteiger partial charge in [0.15, 0.2) is 0 Å². The summed E-state index contributed by atoms with van der Waals surface area (Å²) in [6.45, 7) is 6.54. The molecule has 0 amide bonds. The van der Waals surface area contributed by atoms with Crippen LogP contribution < -0.4 is 10.5 Å². The molecule has 0 heterocycles. The van der Waals surface area contributed by atoms with Gasteiger partial charge in [0.25, 0.3) is 0 Å². The first-order valence-corrected chi connectivity index (χ1v) is 8.53. The molecule has 3 N–H and O–H groups in total. The normalized spacial score (nSPS) is 20.9. The van der Waals surface area contributed by atoms with Crippen molar-refractivity contribution in [3.63, 3.8) is 0 Å². The molecule has 5 heteroatoms. The van der Waals surface area contributed by atoms with Gasteiger partial charge in [-0.1, -0.05) is 40.0 Å². The van der Waals surface area contributed by atoms with Crippen molar-refractivity contribution in [3.05, 3.63) is 0 Å². The Bertz CT molecular complexity index is 352. The maximum atomic E-state index is 11.9. The number of nitrogens with one attached hydrogen (secondary N) is 1. The predicted octanol–water partition coefficient (Wildman–Crippen LogP) is 2.00. The lowest BCUT2D eigenvalue weighted by Gasteiger charge is -2.33. The van der Waals surface area contributed by atoms with Crippen LogP contribution in [0.1, 0.15) is 59.3 Å². The van der Waals surface area contributed by atoms with E-state index in [-0.39, 0.29) is 16.7 Å². The highest BCUT2D eigenvalue weighted by Crippen LogP contribution is 2.25. The van der Waals surface area contributed by atoms with E-state index >= 15 is 0 Å². The average Bonchev–Trinajstić information content (AvgIpc) is 2.25. The number of hydrogen-bond acceptors (Lipinski definition) is 3. The van der Waals surface area contributed by atoms with Crippen molar-refractivity contribution in [2.24, 2.45) is 11.1 Å². The van der Waals surface area contributed by atoms with Crippen LogP contribution in [-0.4, -0.2) is 26.3 Å². The van der Waals surface area contributed by atoms with Gasteiger partial charge in [-0.3, -0.25) is 0 Å². The molecule has 18 heavy (non-hydrogen) atoms. The Morgan fingerprint density at radius 2 is 1.72 bits per heavy atom. The minimum absolute atomic E-state index is 0.0417. The molecule has 0 spiro atoms. The van der Waals surface area contributed by atoms with Crippen LogP contribution in [0, 0.1) is 5.41 Å². The third kappa shape index (κ3) is 6.16. The maximum absolute atomic E-state index is 11.9. The molecule has 1 fully saturated rings. The third-order valence-electron chi connectivity index (χ3n) is 3.61. The molecule has 108 valence electrons. The Labute approximate surface area is 112 Å². The molecule has 0 saturated heterocycles. The molecule has 0 aromatic heterocycles. The van der Waals surface area contributed by atoms with Gasteiger partial charge >= 0.3 is 0 Å². The van der Waals surface area contributed by atoms with Crippen LogP contribution in [0.15, 0.2) is 0 Å². The summed E-state index contributed by atoms with van der Waals surface area (Å²) in [5.74, 6) is 0.187. The van der Waals surface area contributed by atoms with Gasteiger partial charge in [0.1, 0.15) is 0 Å². The molecule has 0 aromatic carbocycles. The Kier molecular flexibility index (Phi) is 5.21. The number of sulfonamides is 1. The summed E-state index contributed by atoms with van der Waals surface area (Å²) in [5.41, 5.74) is 5.94. The van der Waals surface area contributed by atoms with Gasteiger partial charge in [0.2, 0.25) is 10.0 Å². The van der Waals surface area contributed by atoms with Crippen LogP contribution >= 0.6 is 0 Å². The summed E-state index contributed by atoms with van der Waals surface area (Å²) >= 11 is 0. The minimum atomic E-state index is -3.18. The van der Waals surface area contributed by atoms with Crippen molar-refractivity contribution in [3.8, 4) is 0 Å². The first-order valence-electron chi connectivity index (χ1n) is 6.88. The van der Waals surface area contributed by atoms with E-state index in [1.165, 1.54) is 6.42 Å². The molecular formula is C13H28N2O2S. The van der Waals surface area contributed by atoms with Crippen LogP contribution in [0.2, 0.25) is 0 Å². The Balaban J connectivity index is 2.41. The summed E-state index contributed by atoms with van der Waals surface area (Å²) in [6.07, 6.45) is 5.96. The van der Waals surface area contributed by atoms with E-state index in [4.69, 9.17) is 5.73 Å². The fourth-order valence-corrected chi connectivity index (χ4v) is 3.73. The fourth-order valence-electron chi connectivity index (χ4n) is 2.20. The molecule has 0 unspecified atom stereocenters. The molecule has 0 aliphatic heterocycles. The van der Waals surface area contributed by atoms with E-state index in [1.807, 2.05) is 20.8 Å². The van der Waals surface area contributed by atoms with Gasteiger partial charge in [-0.15, -0.1) is 0 Å². The topological polar surface area (TPSA) is 72.2 Å². The van der Waals surface area contributed by atoms with Gasteiger partial charge in [-0.2, -0.15) is 0 Å². The van der Waals surface area contributed by atoms with Gasteiger partial charge in [0.05, 0.1) is 5.75 Å². The van der Waals surface area contributed by atoms with Crippen molar-refractivity contribution in [1.82, 2.24) is 4.72 Å². The smallest absolute Gasteiger partial charge is 0.211 e. The quantitative estimate of drug-likeness (QED) is 0.806. The van der Waals surface area contributed by atoms with Gasteiger partial charge in [-0.05, 0) is 24.7 Å². The van der Waals surface area contributed by atoms with E-state index in [0.717, 1.165) is 25.7 Å². The van der Waals surface area contributed by atoms with Crippen LogP contribution in [-0.2, 0) is 10.0 Å². The summed E-state index contributed by atoms with van der Waals surface area (Å²) in [6, 6.07) is 0. The second-order valence-corrected chi connectivity index (χ2v) is 8.80. The SMILES string of the molecule is CC(C)(C)CCS(=O)(=O)NCC1(N)CCCCC1. The van der Waals surface area contributed by atoms with Crippen molar-refractivity contribution in [1.29, 1.82) is 0 Å². The average molecular weight is 276 g/mol. The second kappa shape index (κ2) is 5.88. The first-order chi connectivity index (χ1) is 8.12. The van der Waals surface area contributed by atoms with E-state index in [2.05, 4.69) is 4.72 Å². The van der Waals surface area contributed by atoms with Crippen molar-refractivity contribution < 1.29 is 8.42 Å². The highest BCUT2D eigenvalue weighted by atomic mass is 32.2. The zero-order chi connectivity index (χ0) is 13.9. The van der Waals surface area contributed by atoms with Crippen molar-refractivity contribution in [2.45, 2.75) is 64.8 Å². The standard InChI is InChI=1S/C13H28N2O2S/c1-12(2,3)9-10-18(16,17)15-11-13(14)7-5-4-6-8-13/h15H,4-11,14H2,1-3H3. The van der Waals surface area contributed by atoms with Crippen LogP contribution in [0.3, 0.4) is 0 Å². The minimum Gasteiger partial charge on any atom is -0.324 e. The van der Waals surface area contributed by atoms with E-state index < -0.39 is 10.0 Å². The van der Waals surface area contributed by atoms with Crippen LogP contribution in [0.5, 0.6) is 0 Å². The largest absolute Gasteiger partial charge is 0.324 e. The summed E-state index contributed by atoms with van der Waals surface area (Å²) in [4.78, 5) is 0. The molecular weight excluding hydrogens is 248 g/mol. The Morgan fingerprint density at radius 1 is 1.17 bits per heavy atom. The molecule has 1 rings (SSSR count). The van der Waals surface area contributed by atoms with Gasteiger partial charge < -0.3 is 5.73 Å². The zero-order valence-corrected chi connectivity index (χ0v) is 12.8. The predicted molar refractivity (Wildman–Crippen MR) is 75.9 cm³/mol. The third-order valence-corrected chi connectivity index (χ3v) is 4.94. The van der Waals surface area contributed by atoms with Gasteiger partial charge in [0, 0.05) is 12.1 Å². The Morgan fingerprint density at radius 3 is 2.22 bits per heavy atom. The summed E-state index contributed by atoms with van der Waals surface area (Å²) in [7, 11) is -3.18. The number of rotatable bonds is 5. The second-order valence-electron chi connectivity index (χ2n) is 6.87. The monoisotopic (exact) mass is 276 g/mol. The maximum Gasteiger partial charge on any atom is 0.211 e. The highest BCUT2D eigenvalue weighted by Gasteiger charge is 2.29. The van der Waals surface area contributed by atoms with E-state index in [9.17, 15) is 8.42 Å². The lowest BCUT2D eigenvalue weighted by atomic mass is 9.83. The summed E-state index contributed by atoms with van der Waals surface area (Å²) < 4.78 is 26.5. The van der Waals surface area contributed by atoms with Crippen molar-refractivity contribution >= 4 is 10.0 Å². The van der Waals surface area contributed by atoms with Gasteiger partial charge in [-0.25, -0.2) is 13.1 Å². The molecule has 0 radical (unpaired) electrons. The molecule has 4 nitrogen and oxygen atoms in total. The molecule has 0 atom stereocenters. The highest BCUT2D eigenvalue weighted by molar-refractivity contribution is 7.89. The molecule has 1 aliphatic carbocycles. The number of hydrogen-bond donors (Lipinski definition) is 2. The zero-order valence-electron chi connectivity index (χ0n) is 12.0. The number of nitrogens with two attached hydrogens (primary N) is 1. The Hall–Kier alpha value is -0.130. The lowest BCUT2D eigenvalue weighted by Crippen LogP contribution is -2.51. The molecule has 0 bridgehead atoms. The lowest BCUT2D eigenvalue weighted by molar-refractivity contribution is 0.296.